The first kappa shape index (κ1) is 15.7. The Morgan fingerprint density at radius 1 is 1.24 bits per heavy atom. The van der Waals surface area contributed by atoms with Crippen LogP contribution >= 0.6 is 22.9 Å². The summed E-state index contributed by atoms with van der Waals surface area (Å²) >= 11 is 7.29. The SMILES string of the molecule is O=C(Nc1c(-c2ccc(F)cc2)nc2sccn12)c1ccnc(Cl)c1. The number of imidazole rings is 1. The molecule has 0 spiro atoms. The van der Waals surface area contributed by atoms with E-state index >= 15 is 0 Å². The van der Waals surface area contributed by atoms with Gasteiger partial charge in [-0.05, 0) is 36.4 Å². The van der Waals surface area contributed by atoms with Crippen molar-refractivity contribution in [3.8, 4) is 11.3 Å². The fraction of sp³-hybridized carbons (Fsp3) is 0. The molecule has 1 N–H and O–H groups in total. The van der Waals surface area contributed by atoms with Crippen LogP contribution in [-0.2, 0) is 0 Å². The van der Waals surface area contributed by atoms with Gasteiger partial charge in [0.05, 0.1) is 0 Å². The highest BCUT2D eigenvalue weighted by Gasteiger charge is 2.18. The van der Waals surface area contributed by atoms with E-state index in [4.69, 9.17) is 11.6 Å². The van der Waals surface area contributed by atoms with E-state index in [-0.39, 0.29) is 16.9 Å². The lowest BCUT2D eigenvalue weighted by Gasteiger charge is -2.07. The summed E-state index contributed by atoms with van der Waals surface area (Å²) in [6, 6.07) is 9.03. The van der Waals surface area contributed by atoms with E-state index in [0.717, 1.165) is 4.96 Å². The molecule has 8 heteroatoms. The van der Waals surface area contributed by atoms with Gasteiger partial charge in [0.25, 0.3) is 5.91 Å². The minimum absolute atomic E-state index is 0.236. The van der Waals surface area contributed by atoms with Crippen molar-refractivity contribution in [1.29, 1.82) is 0 Å². The number of benzene rings is 1. The van der Waals surface area contributed by atoms with Crippen LogP contribution in [0.15, 0.2) is 54.2 Å². The maximum absolute atomic E-state index is 13.2. The van der Waals surface area contributed by atoms with Gasteiger partial charge in [-0.15, -0.1) is 11.3 Å². The van der Waals surface area contributed by atoms with Crippen molar-refractivity contribution in [2.75, 3.05) is 5.32 Å². The molecule has 0 saturated heterocycles. The zero-order valence-electron chi connectivity index (χ0n) is 12.6. The Balaban J connectivity index is 1.77. The summed E-state index contributed by atoms with van der Waals surface area (Å²) in [4.78, 5) is 21.7. The molecule has 4 rings (SSSR count). The van der Waals surface area contributed by atoms with Crippen molar-refractivity contribution < 1.29 is 9.18 Å². The van der Waals surface area contributed by atoms with Crippen LogP contribution in [0.25, 0.3) is 16.2 Å². The fourth-order valence-electron chi connectivity index (χ4n) is 2.44. The molecular formula is C17H10ClFN4OS. The summed E-state index contributed by atoms with van der Waals surface area (Å²) in [7, 11) is 0. The topological polar surface area (TPSA) is 59.3 Å². The van der Waals surface area contributed by atoms with Crippen LogP contribution in [-0.4, -0.2) is 20.3 Å². The number of carbonyl (C=O) groups excluding carboxylic acids is 1. The summed E-state index contributed by atoms with van der Waals surface area (Å²) < 4.78 is 15.0. The monoisotopic (exact) mass is 372 g/mol. The molecule has 5 nitrogen and oxygen atoms in total. The molecule has 0 bridgehead atoms. The Kier molecular flexibility index (Phi) is 3.95. The molecule has 4 aromatic rings. The quantitative estimate of drug-likeness (QED) is 0.538. The maximum Gasteiger partial charge on any atom is 0.257 e. The molecule has 124 valence electrons. The van der Waals surface area contributed by atoms with Crippen molar-refractivity contribution in [1.82, 2.24) is 14.4 Å². The average molecular weight is 373 g/mol. The van der Waals surface area contributed by atoms with Crippen molar-refractivity contribution in [2.45, 2.75) is 0 Å². The minimum atomic E-state index is -0.333. The Morgan fingerprint density at radius 2 is 2.04 bits per heavy atom. The molecule has 0 saturated carbocycles. The summed E-state index contributed by atoms with van der Waals surface area (Å²) in [6.07, 6.45) is 3.28. The highest BCUT2D eigenvalue weighted by molar-refractivity contribution is 7.15. The Hall–Kier alpha value is -2.77. The van der Waals surface area contributed by atoms with E-state index in [2.05, 4.69) is 15.3 Å². The molecule has 3 aromatic heterocycles. The number of rotatable bonds is 3. The zero-order valence-corrected chi connectivity index (χ0v) is 14.2. The molecule has 0 aliphatic rings. The largest absolute Gasteiger partial charge is 0.306 e. The lowest BCUT2D eigenvalue weighted by Crippen LogP contribution is -2.14. The van der Waals surface area contributed by atoms with Crippen LogP contribution in [0.1, 0.15) is 10.4 Å². The highest BCUT2D eigenvalue weighted by atomic mass is 35.5. The molecule has 25 heavy (non-hydrogen) atoms. The zero-order chi connectivity index (χ0) is 17.4. The number of pyridine rings is 1. The molecular weight excluding hydrogens is 363 g/mol. The van der Waals surface area contributed by atoms with Gasteiger partial charge >= 0.3 is 0 Å². The molecule has 0 aliphatic heterocycles. The third-order valence-corrected chi connectivity index (χ3v) is 4.56. The first-order valence-electron chi connectivity index (χ1n) is 7.26. The number of nitrogens with zero attached hydrogens (tertiary/aromatic N) is 3. The smallest absolute Gasteiger partial charge is 0.257 e. The van der Waals surface area contributed by atoms with Crippen LogP contribution in [0.2, 0.25) is 5.15 Å². The summed E-state index contributed by atoms with van der Waals surface area (Å²) in [5, 5.41) is 4.97. The number of carbonyl (C=O) groups is 1. The van der Waals surface area contributed by atoms with Crippen molar-refractivity contribution in [3.63, 3.8) is 0 Å². The van der Waals surface area contributed by atoms with Gasteiger partial charge in [-0.2, -0.15) is 0 Å². The first-order chi connectivity index (χ1) is 12.1. The predicted molar refractivity (Wildman–Crippen MR) is 95.7 cm³/mol. The van der Waals surface area contributed by atoms with E-state index < -0.39 is 0 Å². The molecule has 0 aliphatic carbocycles. The molecule has 0 radical (unpaired) electrons. The lowest BCUT2D eigenvalue weighted by atomic mass is 10.1. The van der Waals surface area contributed by atoms with E-state index in [1.165, 1.54) is 35.7 Å². The number of hydrogen-bond donors (Lipinski definition) is 1. The lowest BCUT2D eigenvalue weighted by molar-refractivity contribution is 0.102. The highest BCUT2D eigenvalue weighted by Crippen LogP contribution is 2.31. The second-order valence-electron chi connectivity index (χ2n) is 5.19. The van der Waals surface area contributed by atoms with Gasteiger partial charge in [0.15, 0.2) is 4.96 Å². The number of anilines is 1. The van der Waals surface area contributed by atoms with Crippen molar-refractivity contribution >= 4 is 39.6 Å². The summed E-state index contributed by atoms with van der Waals surface area (Å²) in [5.74, 6) is -0.150. The second-order valence-corrected chi connectivity index (χ2v) is 6.45. The van der Waals surface area contributed by atoms with Crippen LogP contribution in [0.4, 0.5) is 10.2 Å². The van der Waals surface area contributed by atoms with Gasteiger partial charge in [-0.3, -0.25) is 9.20 Å². The van der Waals surface area contributed by atoms with Crippen LogP contribution in [0.5, 0.6) is 0 Å². The number of amides is 1. The van der Waals surface area contributed by atoms with Crippen LogP contribution in [0, 0.1) is 5.82 Å². The Bertz CT molecular complexity index is 1070. The van der Waals surface area contributed by atoms with Crippen molar-refractivity contribution in [3.05, 3.63) is 70.7 Å². The number of aromatic nitrogens is 3. The van der Waals surface area contributed by atoms with Gasteiger partial charge < -0.3 is 5.32 Å². The van der Waals surface area contributed by atoms with E-state index in [1.54, 1.807) is 22.6 Å². The summed E-state index contributed by atoms with van der Waals surface area (Å²) in [6.45, 7) is 0. The first-order valence-corrected chi connectivity index (χ1v) is 8.52. The number of fused-ring (bicyclic) bond motifs is 1. The molecule has 1 aromatic carbocycles. The standard InChI is InChI=1S/C17H10ClFN4OS/c18-13-9-11(5-6-20-13)16(24)22-15-14(10-1-3-12(19)4-2-10)21-17-23(15)7-8-25-17/h1-9H,(H,22,24). The molecule has 0 fully saturated rings. The third-order valence-electron chi connectivity index (χ3n) is 3.60. The van der Waals surface area contributed by atoms with E-state index in [9.17, 15) is 9.18 Å². The molecule has 1 amide bonds. The summed E-state index contributed by atoms with van der Waals surface area (Å²) in [5.41, 5.74) is 1.66. The number of halogens is 2. The van der Waals surface area contributed by atoms with Gasteiger partial charge in [0.1, 0.15) is 22.5 Å². The average Bonchev–Trinajstić information content (AvgIpc) is 3.18. The van der Waals surface area contributed by atoms with Gasteiger partial charge in [0, 0.05) is 28.9 Å². The van der Waals surface area contributed by atoms with Gasteiger partial charge in [0.2, 0.25) is 0 Å². The number of nitrogens with one attached hydrogen (secondary N) is 1. The Labute approximate surface area is 150 Å². The maximum atomic E-state index is 13.2. The normalized spacial score (nSPS) is 11.0. The van der Waals surface area contributed by atoms with Crippen LogP contribution < -0.4 is 5.32 Å². The number of thiazole rings is 1. The number of hydrogen-bond acceptors (Lipinski definition) is 4. The van der Waals surface area contributed by atoms with E-state index in [1.807, 2.05) is 11.6 Å². The van der Waals surface area contributed by atoms with Gasteiger partial charge in [-0.25, -0.2) is 14.4 Å². The fourth-order valence-corrected chi connectivity index (χ4v) is 3.33. The second kappa shape index (κ2) is 6.27. The third kappa shape index (κ3) is 2.99. The van der Waals surface area contributed by atoms with Crippen molar-refractivity contribution in [2.24, 2.45) is 0 Å². The molecule has 0 atom stereocenters. The molecule has 0 unspecified atom stereocenters. The molecule has 3 heterocycles. The van der Waals surface area contributed by atoms with E-state index in [0.29, 0.717) is 22.6 Å². The van der Waals surface area contributed by atoms with Crippen LogP contribution in [0.3, 0.4) is 0 Å². The minimum Gasteiger partial charge on any atom is -0.306 e. The Morgan fingerprint density at radius 3 is 2.80 bits per heavy atom. The predicted octanol–water partition coefficient (Wildman–Crippen LogP) is 4.50. The van der Waals surface area contributed by atoms with Gasteiger partial charge in [-0.1, -0.05) is 11.6 Å².